The van der Waals surface area contributed by atoms with Gasteiger partial charge in [0, 0.05) is 25.5 Å². The number of hydrogen-bond acceptors (Lipinski definition) is 6. The van der Waals surface area contributed by atoms with Crippen LogP contribution in [0.5, 0.6) is 0 Å². The van der Waals surface area contributed by atoms with Crippen LogP contribution < -0.4 is 5.32 Å². The fraction of sp³-hybridized carbons (Fsp3) is 0.429. The van der Waals surface area contributed by atoms with Gasteiger partial charge in [-0.1, -0.05) is 6.07 Å². The third kappa shape index (κ3) is 3.11. The van der Waals surface area contributed by atoms with Gasteiger partial charge in [0.2, 0.25) is 0 Å². The molecule has 1 aliphatic rings. The van der Waals surface area contributed by atoms with Crippen molar-refractivity contribution in [1.29, 1.82) is 5.26 Å². The van der Waals surface area contributed by atoms with Crippen LogP contribution in [-0.4, -0.2) is 24.0 Å². The molecule has 2 rings (SSSR count). The van der Waals surface area contributed by atoms with Gasteiger partial charge in [-0.2, -0.15) is 5.26 Å². The van der Waals surface area contributed by atoms with Gasteiger partial charge < -0.3 is 10.1 Å². The number of nitro benzene ring substituents is 1. The van der Waals surface area contributed by atoms with Gasteiger partial charge in [-0.3, -0.25) is 10.1 Å². The molecule has 0 bridgehead atoms. The Morgan fingerprint density at radius 1 is 1.52 bits per heavy atom. The maximum atomic E-state index is 12.2. The smallest absolute Gasteiger partial charge is 0.340 e. The predicted octanol–water partition coefficient (Wildman–Crippen LogP) is 2.49. The van der Waals surface area contributed by atoms with Crippen molar-refractivity contribution in [2.75, 3.05) is 12.4 Å². The Morgan fingerprint density at radius 3 is 2.86 bits per heavy atom. The molecule has 7 heteroatoms. The van der Waals surface area contributed by atoms with E-state index in [1.807, 2.05) is 0 Å². The number of nitro groups is 1. The van der Waals surface area contributed by atoms with E-state index in [0.29, 0.717) is 19.3 Å². The maximum absolute atomic E-state index is 12.2. The number of anilines is 1. The number of carbonyl (C=O) groups is 1. The molecule has 110 valence electrons. The lowest BCUT2D eigenvalue weighted by molar-refractivity contribution is -0.384. The minimum atomic E-state index is -0.605. The Bertz CT molecular complexity index is 609. The predicted molar refractivity (Wildman–Crippen MR) is 74.8 cm³/mol. The number of nitrogens with zero attached hydrogens (tertiary/aromatic N) is 2. The first kappa shape index (κ1) is 14.8. The number of ether oxygens (including phenoxy) is 1. The summed E-state index contributed by atoms with van der Waals surface area (Å²) in [4.78, 5) is 22.6. The van der Waals surface area contributed by atoms with Crippen LogP contribution >= 0.6 is 0 Å². The van der Waals surface area contributed by atoms with Crippen molar-refractivity contribution in [2.45, 2.75) is 25.4 Å². The first-order valence-corrected chi connectivity index (χ1v) is 6.62. The van der Waals surface area contributed by atoms with Crippen LogP contribution in [0.3, 0.4) is 0 Å². The molecular weight excluding hydrogens is 274 g/mol. The molecule has 0 saturated heterocycles. The van der Waals surface area contributed by atoms with Crippen molar-refractivity contribution in [3.05, 3.63) is 33.9 Å². The lowest BCUT2D eigenvalue weighted by atomic mass is 10.1. The summed E-state index contributed by atoms with van der Waals surface area (Å²) in [6, 6.07) is 6.41. The second kappa shape index (κ2) is 6.22. The van der Waals surface area contributed by atoms with Crippen molar-refractivity contribution in [2.24, 2.45) is 5.92 Å². The van der Waals surface area contributed by atoms with E-state index in [-0.39, 0.29) is 29.0 Å². The third-order valence-corrected chi connectivity index (χ3v) is 3.55. The second-order valence-corrected chi connectivity index (χ2v) is 4.87. The molecule has 0 radical (unpaired) electrons. The van der Waals surface area contributed by atoms with Crippen LogP contribution in [0.15, 0.2) is 18.2 Å². The van der Waals surface area contributed by atoms with Crippen LogP contribution in [0.1, 0.15) is 29.6 Å². The first-order chi connectivity index (χ1) is 10.1. The molecule has 0 aromatic heterocycles. The highest BCUT2D eigenvalue weighted by atomic mass is 16.6. The zero-order chi connectivity index (χ0) is 15.4. The normalized spacial score (nSPS) is 20.6. The summed E-state index contributed by atoms with van der Waals surface area (Å²) in [6.07, 6.45) is 1.58. The number of benzene rings is 1. The molecular formula is C14H15N3O4. The Balaban J connectivity index is 2.18. The highest BCUT2D eigenvalue weighted by Crippen LogP contribution is 2.31. The van der Waals surface area contributed by atoms with Gasteiger partial charge in [-0.25, -0.2) is 4.79 Å². The van der Waals surface area contributed by atoms with Gasteiger partial charge >= 0.3 is 5.97 Å². The van der Waals surface area contributed by atoms with Crippen LogP contribution in [0.25, 0.3) is 0 Å². The van der Waals surface area contributed by atoms with Crippen LogP contribution in [0.2, 0.25) is 0 Å². The molecule has 1 aliphatic carbocycles. The highest BCUT2D eigenvalue weighted by molar-refractivity contribution is 5.98. The Hall–Kier alpha value is -2.62. The number of hydrogen-bond donors (Lipinski definition) is 1. The summed E-state index contributed by atoms with van der Waals surface area (Å²) in [5.41, 5.74) is 0.0997. The van der Waals surface area contributed by atoms with E-state index in [4.69, 9.17) is 10.00 Å². The molecule has 7 nitrogen and oxygen atoms in total. The summed E-state index contributed by atoms with van der Waals surface area (Å²) < 4.78 is 5.35. The first-order valence-electron chi connectivity index (χ1n) is 6.62. The molecule has 1 fully saturated rings. The number of nitriles is 1. The van der Waals surface area contributed by atoms with Crippen molar-refractivity contribution >= 4 is 17.3 Å². The fourth-order valence-corrected chi connectivity index (χ4v) is 2.50. The third-order valence-electron chi connectivity index (χ3n) is 3.55. The molecule has 0 aliphatic heterocycles. The Labute approximate surface area is 121 Å². The van der Waals surface area contributed by atoms with E-state index in [1.54, 1.807) is 0 Å². The average molecular weight is 289 g/mol. The number of carbonyl (C=O) groups excluding carboxylic acids is 1. The van der Waals surface area contributed by atoms with Crippen molar-refractivity contribution in [1.82, 2.24) is 0 Å². The zero-order valence-electron chi connectivity index (χ0n) is 11.5. The second-order valence-electron chi connectivity index (χ2n) is 4.87. The quantitative estimate of drug-likeness (QED) is 0.518. The van der Waals surface area contributed by atoms with Crippen LogP contribution in [0, 0.1) is 27.4 Å². The van der Waals surface area contributed by atoms with Gasteiger partial charge in [-0.05, 0) is 18.9 Å². The Kier molecular flexibility index (Phi) is 4.38. The van der Waals surface area contributed by atoms with Crippen molar-refractivity contribution in [3.8, 4) is 6.07 Å². The molecule has 0 heterocycles. The van der Waals surface area contributed by atoms with Gasteiger partial charge in [-0.15, -0.1) is 0 Å². The van der Waals surface area contributed by atoms with Gasteiger partial charge in [0.25, 0.3) is 5.69 Å². The zero-order valence-corrected chi connectivity index (χ0v) is 11.5. The lowest BCUT2D eigenvalue weighted by Crippen LogP contribution is -2.17. The molecule has 0 amide bonds. The monoisotopic (exact) mass is 289 g/mol. The minimum Gasteiger partial charge on any atom is -0.459 e. The highest BCUT2D eigenvalue weighted by Gasteiger charge is 2.29. The molecule has 1 N–H and O–H groups in total. The van der Waals surface area contributed by atoms with Crippen molar-refractivity contribution < 1.29 is 14.5 Å². The van der Waals surface area contributed by atoms with E-state index in [1.165, 1.54) is 25.2 Å². The van der Waals surface area contributed by atoms with Crippen LogP contribution in [0.4, 0.5) is 11.4 Å². The van der Waals surface area contributed by atoms with E-state index >= 15 is 0 Å². The van der Waals surface area contributed by atoms with Crippen LogP contribution in [-0.2, 0) is 4.74 Å². The topological polar surface area (TPSA) is 105 Å². The number of para-hydroxylation sites is 1. The standard InChI is InChI=1S/C14H15N3O4/c1-16-13-11(3-2-4-12(13)17(19)20)14(18)21-10-6-5-9(7-10)8-15/h2-4,9-10,16H,5-7H2,1H3/t9-,10+/m1/s1. The fourth-order valence-electron chi connectivity index (χ4n) is 2.50. The average Bonchev–Trinajstić information content (AvgIpc) is 2.93. The SMILES string of the molecule is CNc1c(C(=O)O[C@H]2CC[C@@H](C#N)C2)cccc1[N+](=O)[O-]. The molecule has 1 aromatic carbocycles. The van der Waals surface area contributed by atoms with E-state index in [2.05, 4.69) is 11.4 Å². The van der Waals surface area contributed by atoms with E-state index in [0.717, 1.165) is 0 Å². The summed E-state index contributed by atoms with van der Waals surface area (Å²) in [5.74, 6) is -0.691. The summed E-state index contributed by atoms with van der Waals surface area (Å²) in [7, 11) is 1.51. The van der Waals surface area contributed by atoms with Crippen molar-refractivity contribution in [3.63, 3.8) is 0 Å². The Morgan fingerprint density at radius 2 is 2.29 bits per heavy atom. The van der Waals surface area contributed by atoms with E-state index < -0.39 is 10.9 Å². The number of rotatable bonds is 4. The molecule has 0 spiro atoms. The van der Waals surface area contributed by atoms with Gasteiger partial charge in [0.15, 0.2) is 0 Å². The molecule has 21 heavy (non-hydrogen) atoms. The number of esters is 1. The van der Waals surface area contributed by atoms with E-state index in [9.17, 15) is 14.9 Å². The molecule has 1 aromatic rings. The minimum absolute atomic E-state index is 0.0864. The molecule has 0 unspecified atom stereocenters. The van der Waals surface area contributed by atoms with Gasteiger partial charge in [0.1, 0.15) is 11.8 Å². The summed E-state index contributed by atoms with van der Waals surface area (Å²) >= 11 is 0. The van der Waals surface area contributed by atoms with Gasteiger partial charge in [0.05, 0.1) is 16.6 Å². The lowest BCUT2D eigenvalue weighted by Gasteiger charge is -2.13. The molecule has 2 atom stereocenters. The summed E-state index contributed by atoms with van der Waals surface area (Å²) in [6.45, 7) is 0. The molecule has 1 saturated carbocycles. The number of nitrogens with one attached hydrogen (secondary N) is 1. The largest absolute Gasteiger partial charge is 0.459 e. The summed E-state index contributed by atoms with van der Waals surface area (Å²) in [5, 5.41) is 22.5. The maximum Gasteiger partial charge on any atom is 0.340 e.